The molecule has 82 valence electrons. The second kappa shape index (κ2) is 4.53. The third-order valence-corrected chi connectivity index (χ3v) is 3.81. The fourth-order valence-corrected chi connectivity index (χ4v) is 2.73. The van der Waals surface area contributed by atoms with Crippen molar-refractivity contribution in [1.82, 2.24) is 4.90 Å². The van der Waals surface area contributed by atoms with Crippen molar-refractivity contribution in [2.24, 2.45) is 11.7 Å². The number of carbonyl (C=O) groups excluding carboxylic acids is 1. The summed E-state index contributed by atoms with van der Waals surface area (Å²) in [5.41, 5.74) is 5.49. The molecule has 14 heavy (non-hydrogen) atoms. The Morgan fingerprint density at radius 1 is 1.64 bits per heavy atom. The number of hydrogen-bond acceptors (Lipinski definition) is 3. The second-order valence-electron chi connectivity index (χ2n) is 4.50. The molecule has 1 unspecified atom stereocenters. The monoisotopic (exact) mass is 216 g/mol. The maximum Gasteiger partial charge on any atom is 0.226 e. The number of hydrogen-bond donors (Lipinski definition) is 1. The Labute approximate surface area is 90.4 Å². The molecule has 0 aromatic rings. The molecule has 1 amide bonds. The molecule has 1 saturated heterocycles. The van der Waals surface area contributed by atoms with Gasteiger partial charge in [0.05, 0.1) is 0 Å². The van der Waals surface area contributed by atoms with Gasteiger partial charge in [0.15, 0.2) is 0 Å². The van der Waals surface area contributed by atoms with Gasteiger partial charge in [-0.1, -0.05) is 6.92 Å². The Morgan fingerprint density at radius 3 is 2.79 bits per heavy atom. The summed E-state index contributed by atoms with van der Waals surface area (Å²) in [6.45, 7) is 8.44. The maximum atomic E-state index is 11.9. The molecule has 1 aliphatic heterocycles. The predicted octanol–water partition coefficient (Wildman–Crippen LogP) is 0.935. The molecule has 0 radical (unpaired) electrons. The van der Waals surface area contributed by atoms with Crippen LogP contribution in [-0.4, -0.2) is 40.9 Å². The van der Waals surface area contributed by atoms with Crippen molar-refractivity contribution in [2.45, 2.75) is 25.5 Å². The summed E-state index contributed by atoms with van der Waals surface area (Å²) in [5, 5.41) is 0. The standard InChI is InChI=1S/C10H20N2OS/c1-8(6-11)9(13)12-4-5-14-10(2,3)7-12/h8H,4-7,11H2,1-3H3. The normalized spacial score (nSPS) is 23.3. The van der Waals surface area contributed by atoms with Gasteiger partial charge in [0.2, 0.25) is 5.91 Å². The van der Waals surface area contributed by atoms with E-state index in [1.54, 1.807) is 0 Å². The van der Waals surface area contributed by atoms with E-state index in [9.17, 15) is 4.79 Å². The molecule has 3 nitrogen and oxygen atoms in total. The average Bonchev–Trinajstić information content (AvgIpc) is 2.14. The van der Waals surface area contributed by atoms with Gasteiger partial charge < -0.3 is 10.6 Å². The number of thioether (sulfide) groups is 1. The second-order valence-corrected chi connectivity index (χ2v) is 6.31. The first-order valence-corrected chi connectivity index (χ1v) is 6.07. The quantitative estimate of drug-likeness (QED) is 0.747. The third kappa shape index (κ3) is 2.89. The molecule has 0 aromatic heterocycles. The van der Waals surface area contributed by atoms with E-state index in [4.69, 9.17) is 5.73 Å². The van der Waals surface area contributed by atoms with Gasteiger partial charge in [-0.25, -0.2) is 0 Å². The molecule has 0 aromatic carbocycles. The minimum atomic E-state index is -0.0334. The Kier molecular flexibility index (Phi) is 3.84. The molecular weight excluding hydrogens is 196 g/mol. The highest BCUT2D eigenvalue weighted by molar-refractivity contribution is 8.00. The molecular formula is C10H20N2OS. The SMILES string of the molecule is CC(CN)C(=O)N1CCSC(C)(C)C1. The van der Waals surface area contributed by atoms with Crippen LogP contribution in [0.25, 0.3) is 0 Å². The van der Waals surface area contributed by atoms with Crippen molar-refractivity contribution in [3.8, 4) is 0 Å². The zero-order valence-electron chi connectivity index (χ0n) is 9.25. The molecule has 1 rings (SSSR count). The summed E-state index contributed by atoms with van der Waals surface area (Å²) in [4.78, 5) is 13.8. The van der Waals surface area contributed by atoms with Crippen LogP contribution in [0, 0.1) is 5.92 Å². The first-order valence-electron chi connectivity index (χ1n) is 5.09. The summed E-state index contributed by atoms with van der Waals surface area (Å²) in [6.07, 6.45) is 0. The molecule has 1 aliphatic rings. The summed E-state index contributed by atoms with van der Waals surface area (Å²) in [5.74, 6) is 1.21. The largest absolute Gasteiger partial charge is 0.340 e. The third-order valence-electron chi connectivity index (χ3n) is 2.51. The highest BCUT2D eigenvalue weighted by atomic mass is 32.2. The minimum absolute atomic E-state index is 0.0334. The van der Waals surface area contributed by atoms with Crippen LogP contribution in [0.1, 0.15) is 20.8 Å². The van der Waals surface area contributed by atoms with Gasteiger partial charge >= 0.3 is 0 Å². The van der Waals surface area contributed by atoms with Gasteiger partial charge in [-0.05, 0) is 13.8 Å². The molecule has 1 fully saturated rings. The van der Waals surface area contributed by atoms with Gasteiger partial charge in [0.25, 0.3) is 0 Å². The van der Waals surface area contributed by atoms with Gasteiger partial charge in [-0.2, -0.15) is 11.8 Å². The van der Waals surface area contributed by atoms with E-state index in [1.807, 2.05) is 23.6 Å². The van der Waals surface area contributed by atoms with Crippen LogP contribution >= 0.6 is 11.8 Å². The Balaban J connectivity index is 2.56. The van der Waals surface area contributed by atoms with Crippen molar-refractivity contribution < 1.29 is 4.79 Å². The number of carbonyl (C=O) groups is 1. The zero-order valence-corrected chi connectivity index (χ0v) is 10.1. The van der Waals surface area contributed by atoms with Crippen LogP contribution in [0.2, 0.25) is 0 Å². The molecule has 0 saturated carbocycles. The fraction of sp³-hybridized carbons (Fsp3) is 0.900. The minimum Gasteiger partial charge on any atom is -0.340 e. The topological polar surface area (TPSA) is 46.3 Å². The highest BCUT2D eigenvalue weighted by Gasteiger charge is 2.31. The van der Waals surface area contributed by atoms with Crippen molar-refractivity contribution >= 4 is 17.7 Å². The van der Waals surface area contributed by atoms with E-state index in [2.05, 4.69) is 13.8 Å². The smallest absolute Gasteiger partial charge is 0.226 e. The molecule has 2 N–H and O–H groups in total. The van der Waals surface area contributed by atoms with Crippen LogP contribution < -0.4 is 5.73 Å². The lowest BCUT2D eigenvalue weighted by atomic mass is 10.1. The Bertz CT molecular complexity index is 218. The van der Waals surface area contributed by atoms with Crippen LogP contribution in [0.3, 0.4) is 0 Å². The van der Waals surface area contributed by atoms with Gasteiger partial charge in [0.1, 0.15) is 0 Å². The number of amides is 1. The van der Waals surface area contributed by atoms with Crippen molar-refractivity contribution in [3.63, 3.8) is 0 Å². The van der Waals surface area contributed by atoms with E-state index in [1.165, 1.54) is 0 Å². The first-order chi connectivity index (χ1) is 6.46. The Morgan fingerprint density at radius 2 is 2.29 bits per heavy atom. The van der Waals surface area contributed by atoms with Crippen molar-refractivity contribution in [3.05, 3.63) is 0 Å². The predicted molar refractivity (Wildman–Crippen MR) is 61.3 cm³/mol. The van der Waals surface area contributed by atoms with E-state index < -0.39 is 0 Å². The van der Waals surface area contributed by atoms with Crippen LogP contribution in [0.5, 0.6) is 0 Å². The molecule has 4 heteroatoms. The lowest BCUT2D eigenvalue weighted by Gasteiger charge is -2.38. The average molecular weight is 216 g/mol. The molecule has 0 bridgehead atoms. The van der Waals surface area contributed by atoms with Gasteiger partial charge in [-0.3, -0.25) is 4.79 Å². The summed E-state index contributed by atoms with van der Waals surface area (Å²) >= 11 is 1.94. The summed E-state index contributed by atoms with van der Waals surface area (Å²) in [7, 11) is 0. The first kappa shape index (κ1) is 11.9. The van der Waals surface area contributed by atoms with E-state index in [0.29, 0.717) is 6.54 Å². The molecule has 0 spiro atoms. The van der Waals surface area contributed by atoms with E-state index >= 15 is 0 Å². The lowest BCUT2D eigenvalue weighted by Crippen LogP contribution is -2.48. The number of rotatable bonds is 2. The van der Waals surface area contributed by atoms with Gasteiger partial charge in [0, 0.05) is 36.1 Å². The summed E-state index contributed by atoms with van der Waals surface area (Å²) < 4.78 is 0.197. The van der Waals surface area contributed by atoms with Gasteiger partial charge in [-0.15, -0.1) is 0 Å². The molecule has 1 atom stereocenters. The molecule has 1 heterocycles. The van der Waals surface area contributed by atoms with Crippen LogP contribution in [0.4, 0.5) is 0 Å². The van der Waals surface area contributed by atoms with Crippen LogP contribution in [-0.2, 0) is 4.79 Å². The van der Waals surface area contributed by atoms with Crippen LogP contribution in [0.15, 0.2) is 0 Å². The van der Waals surface area contributed by atoms with E-state index in [0.717, 1.165) is 18.8 Å². The Hall–Kier alpha value is -0.220. The molecule has 0 aliphatic carbocycles. The lowest BCUT2D eigenvalue weighted by molar-refractivity contribution is -0.134. The highest BCUT2D eigenvalue weighted by Crippen LogP contribution is 2.29. The number of nitrogens with zero attached hydrogens (tertiary/aromatic N) is 1. The fourth-order valence-electron chi connectivity index (χ4n) is 1.62. The summed E-state index contributed by atoms with van der Waals surface area (Å²) in [6, 6.07) is 0. The van der Waals surface area contributed by atoms with Crippen molar-refractivity contribution in [2.75, 3.05) is 25.4 Å². The van der Waals surface area contributed by atoms with E-state index in [-0.39, 0.29) is 16.6 Å². The van der Waals surface area contributed by atoms with Crippen molar-refractivity contribution in [1.29, 1.82) is 0 Å². The zero-order chi connectivity index (χ0) is 10.8. The number of nitrogens with two attached hydrogens (primary N) is 1. The maximum absolute atomic E-state index is 11.9.